The fourth-order valence-electron chi connectivity index (χ4n) is 3.60. The molecule has 0 saturated heterocycles. The van der Waals surface area contributed by atoms with Crippen LogP contribution in [-0.4, -0.2) is 27.9 Å². The Morgan fingerprint density at radius 2 is 1.79 bits per heavy atom. The molecule has 1 aromatic carbocycles. The molecule has 2 heterocycles. The van der Waals surface area contributed by atoms with Crippen LogP contribution in [0.4, 0.5) is 0 Å². The normalized spacial score (nSPS) is 18.0. The summed E-state index contributed by atoms with van der Waals surface area (Å²) >= 11 is 5.95. The molecule has 0 atom stereocenters. The predicted octanol–water partition coefficient (Wildman–Crippen LogP) is 5.14. The van der Waals surface area contributed by atoms with Gasteiger partial charge in [0.2, 0.25) is 0 Å². The monoisotopic (exact) mass is 413 g/mol. The highest BCUT2D eigenvalue weighted by Gasteiger charge is 2.48. The lowest BCUT2D eigenvalue weighted by Gasteiger charge is -2.42. The summed E-state index contributed by atoms with van der Waals surface area (Å²) in [5, 5.41) is 0.545. The molecule has 0 amide bonds. The van der Waals surface area contributed by atoms with Gasteiger partial charge in [-0.2, -0.15) is 0 Å². The average Bonchev–Trinajstić information content (AvgIpc) is 2.61. The van der Waals surface area contributed by atoms with Crippen LogP contribution in [0.1, 0.15) is 45.7 Å². The molecule has 0 bridgehead atoms. The van der Waals surface area contributed by atoms with Crippen molar-refractivity contribution in [2.45, 2.75) is 52.7 Å². The number of pyridine rings is 1. The van der Waals surface area contributed by atoms with Gasteiger partial charge in [-0.3, -0.25) is 14.6 Å². The molecule has 29 heavy (non-hydrogen) atoms. The Labute approximate surface area is 175 Å². The standard InChI is InChI=1S/C23H24ClNO4/c1-13-7-8-15(18-10-9-16(24)12-25-18)11-17(13)19-20(27)22(3,4)29-23(5,6)21(19)28-14(2)26/h7-12H,1-6H3. The van der Waals surface area contributed by atoms with Gasteiger partial charge in [-0.25, -0.2) is 0 Å². The maximum Gasteiger partial charge on any atom is 0.307 e. The molecule has 1 aromatic heterocycles. The number of Topliss-reactive ketones (excluding diaryl/α,β-unsaturated/α-hetero) is 1. The van der Waals surface area contributed by atoms with Crippen LogP contribution in [0.2, 0.25) is 5.02 Å². The molecule has 5 nitrogen and oxygen atoms in total. The molecular weight excluding hydrogens is 390 g/mol. The minimum absolute atomic E-state index is 0.221. The van der Waals surface area contributed by atoms with Crippen molar-refractivity contribution in [3.05, 3.63) is 58.4 Å². The van der Waals surface area contributed by atoms with Crippen LogP contribution in [0.5, 0.6) is 0 Å². The maximum absolute atomic E-state index is 13.4. The van der Waals surface area contributed by atoms with Crippen molar-refractivity contribution >= 4 is 28.9 Å². The lowest BCUT2D eigenvalue weighted by Crippen LogP contribution is -2.50. The van der Waals surface area contributed by atoms with Crippen molar-refractivity contribution in [1.29, 1.82) is 0 Å². The third kappa shape index (κ3) is 4.11. The molecule has 0 spiro atoms. The molecule has 0 saturated carbocycles. The summed E-state index contributed by atoms with van der Waals surface area (Å²) in [4.78, 5) is 29.5. The summed E-state index contributed by atoms with van der Waals surface area (Å²) in [6, 6.07) is 9.32. The first kappa shape index (κ1) is 21.2. The van der Waals surface area contributed by atoms with Crippen molar-refractivity contribution in [2.75, 3.05) is 0 Å². The number of rotatable bonds is 3. The molecule has 3 rings (SSSR count). The van der Waals surface area contributed by atoms with E-state index in [4.69, 9.17) is 21.1 Å². The van der Waals surface area contributed by atoms with E-state index in [2.05, 4.69) is 4.98 Å². The first-order valence-electron chi connectivity index (χ1n) is 9.33. The highest BCUT2D eigenvalue weighted by atomic mass is 35.5. The molecule has 0 unspecified atom stereocenters. The first-order chi connectivity index (χ1) is 13.4. The second-order valence-corrected chi connectivity index (χ2v) is 8.58. The van der Waals surface area contributed by atoms with E-state index in [1.807, 2.05) is 31.2 Å². The van der Waals surface area contributed by atoms with Gasteiger partial charge in [0, 0.05) is 18.7 Å². The van der Waals surface area contributed by atoms with Gasteiger partial charge in [-0.15, -0.1) is 0 Å². The van der Waals surface area contributed by atoms with Gasteiger partial charge in [0.15, 0.2) is 11.5 Å². The van der Waals surface area contributed by atoms with E-state index in [0.29, 0.717) is 16.2 Å². The molecule has 1 aliphatic heterocycles. The zero-order valence-corrected chi connectivity index (χ0v) is 18.2. The Kier molecular flexibility index (Phi) is 5.41. The van der Waals surface area contributed by atoms with Crippen molar-refractivity contribution < 1.29 is 19.1 Å². The van der Waals surface area contributed by atoms with E-state index in [0.717, 1.165) is 16.8 Å². The zero-order valence-electron chi connectivity index (χ0n) is 17.4. The lowest BCUT2D eigenvalue weighted by molar-refractivity contribution is -0.165. The Balaban J connectivity index is 2.27. The number of hydrogen-bond acceptors (Lipinski definition) is 5. The Morgan fingerprint density at radius 3 is 2.38 bits per heavy atom. The van der Waals surface area contributed by atoms with Crippen LogP contribution in [-0.2, 0) is 19.1 Å². The van der Waals surface area contributed by atoms with Crippen LogP contribution >= 0.6 is 11.6 Å². The van der Waals surface area contributed by atoms with Gasteiger partial charge < -0.3 is 9.47 Å². The summed E-state index contributed by atoms with van der Waals surface area (Å²) in [6.45, 7) is 10.3. The van der Waals surface area contributed by atoms with Crippen molar-refractivity contribution in [3.63, 3.8) is 0 Å². The zero-order chi connectivity index (χ0) is 21.6. The van der Waals surface area contributed by atoms with E-state index in [9.17, 15) is 9.59 Å². The summed E-state index contributed by atoms with van der Waals surface area (Å²) in [5.74, 6) is -0.522. The van der Waals surface area contributed by atoms with E-state index in [1.54, 1.807) is 40.0 Å². The fraction of sp³-hybridized carbons (Fsp3) is 0.348. The molecule has 0 radical (unpaired) electrons. The van der Waals surface area contributed by atoms with Crippen molar-refractivity contribution in [1.82, 2.24) is 4.98 Å². The number of esters is 1. The number of nitrogens with zero attached hydrogens (tertiary/aromatic N) is 1. The Bertz CT molecular complexity index is 1020. The summed E-state index contributed by atoms with van der Waals surface area (Å²) in [5.41, 5.74) is 1.45. The van der Waals surface area contributed by atoms with Gasteiger partial charge in [-0.05, 0) is 63.9 Å². The van der Waals surface area contributed by atoms with Crippen molar-refractivity contribution in [3.8, 4) is 11.3 Å². The number of benzene rings is 1. The molecular formula is C23H24ClNO4. The van der Waals surface area contributed by atoms with Gasteiger partial charge >= 0.3 is 5.97 Å². The number of carbonyl (C=O) groups excluding carboxylic acids is 2. The minimum atomic E-state index is -1.07. The topological polar surface area (TPSA) is 65.5 Å². The lowest BCUT2D eigenvalue weighted by atomic mass is 9.81. The predicted molar refractivity (Wildman–Crippen MR) is 112 cm³/mol. The van der Waals surface area contributed by atoms with Crippen molar-refractivity contribution in [2.24, 2.45) is 0 Å². The maximum atomic E-state index is 13.4. The average molecular weight is 414 g/mol. The molecule has 6 heteroatoms. The first-order valence-corrected chi connectivity index (χ1v) is 9.71. The SMILES string of the molecule is CC(=O)OC1=C(c2cc(-c3ccc(Cl)cn3)ccc2C)C(=O)C(C)(C)OC1(C)C. The minimum Gasteiger partial charge on any atom is -0.427 e. The van der Waals surface area contributed by atoms with Crippen LogP contribution in [0.3, 0.4) is 0 Å². The number of carbonyl (C=O) groups is 2. The second-order valence-electron chi connectivity index (χ2n) is 8.14. The van der Waals surface area contributed by atoms with Gasteiger partial charge in [0.05, 0.1) is 16.3 Å². The van der Waals surface area contributed by atoms with E-state index < -0.39 is 17.2 Å². The van der Waals surface area contributed by atoms with E-state index in [-0.39, 0.29) is 11.5 Å². The number of ether oxygens (including phenoxy) is 2. The van der Waals surface area contributed by atoms with Crippen LogP contribution < -0.4 is 0 Å². The Morgan fingerprint density at radius 1 is 1.10 bits per heavy atom. The third-order valence-corrected chi connectivity index (χ3v) is 5.06. The van der Waals surface area contributed by atoms with Crippen LogP contribution in [0, 0.1) is 6.92 Å². The molecule has 1 aliphatic rings. The number of aryl methyl sites for hydroxylation is 1. The summed E-state index contributed by atoms with van der Waals surface area (Å²) in [7, 11) is 0. The molecule has 0 N–H and O–H groups in total. The number of ketones is 1. The molecule has 2 aromatic rings. The number of halogens is 1. The molecule has 0 fully saturated rings. The van der Waals surface area contributed by atoms with Gasteiger partial charge in [-0.1, -0.05) is 23.7 Å². The van der Waals surface area contributed by atoms with E-state index >= 15 is 0 Å². The third-order valence-electron chi connectivity index (χ3n) is 4.83. The Hall–Kier alpha value is -2.50. The number of aromatic nitrogens is 1. The van der Waals surface area contributed by atoms with Crippen LogP contribution in [0.15, 0.2) is 42.3 Å². The molecule has 152 valence electrons. The molecule has 0 aliphatic carbocycles. The van der Waals surface area contributed by atoms with Crippen LogP contribution in [0.25, 0.3) is 16.8 Å². The summed E-state index contributed by atoms with van der Waals surface area (Å²) in [6.07, 6.45) is 1.58. The second kappa shape index (κ2) is 7.39. The number of hydrogen-bond donors (Lipinski definition) is 0. The summed E-state index contributed by atoms with van der Waals surface area (Å²) < 4.78 is 11.5. The highest BCUT2D eigenvalue weighted by Crippen LogP contribution is 2.43. The quantitative estimate of drug-likeness (QED) is 0.651. The highest BCUT2D eigenvalue weighted by molar-refractivity contribution is 6.30. The fourth-order valence-corrected chi connectivity index (χ4v) is 3.71. The van der Waals surface area contributed by atoms with E-state index in [1.165, 1.54) is 6.92 Å². The smallest absolute Gasteiger partial charge is 0.307 e. The van der Waals surface area contributed by atoms with Gasteiger partial charge in [0.1, 0.15) is 11.2 Å². The largest absolute Gasteiger partial charge is 0.427 e. The van der Waals surface area contributed by atoms with Gasteiger partial charge in [0.25, 0.3) is 0 Å².